The molecule has 5 nitrogen and oxygen atoms in total. The molecule has 0 unspecified atom stereocenters. The highest BCUT2D eigenvalue weighted by Gasteiger charge is 2.18. The summed E-state index contributed by atoms with van der Waals surface area (Å²) in [6.07, 6.45) is 3.39. The van der Waals surface area contributed by atoms with Crippen molar-refractivity contribution >= 4 is 5.91 Å². The molecule has 0 bridgehead atoms. The number of hydrogen-bond donors (Lipinski definition) is 1. The summed E-state index contributed by atoms with van der Waals surface area (Å²) in [7, 11) is 1.61. The second-order valence-corrected chi connectivity index (χ2v) is 5.90. The van der Waals surface area contributed by atoms with Crippen LogP contribution in [-0.4, -0.2) is 29.3 Å². The molecule has 0 aliphatic rings. The molecule has 0 aliphatic carbocycles. The third kappa shape index (κ3) is 3.67. The molecule has 0 atom stereocenters. The van der Waals surface area contributed by atoms with Crippen LogP contribution < -0.4 is 10.1 Å². The number of methoxy groups -OCH3 is 1. The van der Waals surface area contributed by atoms with Gasteiger partial charge >= 0.3 is 0 Å². The van der Waals surface area contributed by atoms with Crippen molar-refractivity contribution in [1.29, 1.82) is 0 Å². The maximum absolute atomic E-state index is 12.6. The van der Waals surface area contributed by atoms with E-state index < -0.39 is 0 Å². The van der Waals surface area contributed by atoms with Gasteiger partial charge in [0, 0.05) is 18.3 Å². The minimum Gasteiger partial charge on any atom is -0.497 e. The van der Waals surface area contributed by atoms with E-state index in [-0.39, 0.29) is 5.91 Å². The van der Waals surface area contributed by atoms with Gasteiger partial charge in [-0.15, -0.1) is 6.58 Å². The number of amides is 1. The molecular weight excluding hydrogens is 326 g/mol. The molecule has 5 heteroatoms. The molecule has 0 aliphatic heterocycles. The van der Waals surface area contributed by atoms with Gasteiger partial charge in [0.2, 0.25) is 0 Å². The molecule has 0 saturated carbocycles. The molecular formula is C21H21N3O2. The lowest BCUT2D eigenvalue weighted by Gasteiger charge is -2.05. The molecule has 3 aromatic rings. The van der Waals surface area contributed by atoms with Crippen LogP contribution in [0.15, 0.2) is 67.4 Å². The molecule has 0 radical (unpaired) electrons. The summed E-state index contributed by atoms with van der Waals surface area (Å²) in [5.74, 6) is 0.519. The Morgan fingerprint density at radius 3 is 2.73 bits per heavy atom. The SMILES string of the molecule is C=CCNC(=O)c1cn(-c2ccc(C)cc2)nc1-c1cccc(OC)c1. The first-order valence-corrected chi connectivity index (χ1v) is 8.32. The highest BCUT2D eigenvalue weighted by molar-refractivity contribution is 6.00. The molecule has 3 rings (SSSR count). The van der Waals surface area contributed by atoms with Gasteiger partial charge in [0.15, 0.2) is 0 Å². The van der Waals surface area contributed by atoms with Crippen LogP contribution in [0, 0.1) is 6.92 Å². The van der Waals surface area contributed by atoms with E-state index in [1.54, 1.807) is 24.1 Å². The predicted molar refractivity (Wildman–Crippen MR) is 103 cm³/mol. The van der Waals surface area contributed by atoms with E-state index in [4.69, 9.17) is 4.74 Å². The van der Waals surface area contributed by atoms with Crippen LogP contribution >= 0.6 is 0 Å². The van der Waals surface area contributed by atoms with E-state index in [0.29, 0.717) is 23.6 Å². The number of hydrogen-bond acceptors (Lipinski definition) is 3. The first-order valence-electron chi connectivity index (χ1n) is 8.32. The molecule has 0 saturated heterocycles. The number of nitrogens with one attached hydrogen (secondary N) is 1. The second-order valence-electron chi connectivity index (χ2n) is 5.90. The fraction of sp³-hybridized carbons (Fsp3) is 0.143. The molecule has 2 aromatic carbocycles. The van der Waals surface area contributed by atoms with E-state index >= 15 is 0 Å². The van der Waals surface area contributed by atoms with Crippen molar-refractivity contribution in [3.05, 3.63) is 78.5 Å². The maximum atomic E-state index is 12.6. The Hall–Kier alpha value is -3.34. The summed E-state index contributed by atoms with van der Waals surface area (Å²) in [5, 5.41) is 7.48. The first kappa shape index (κ1) is 17.5. The number of ether oxygens (including phenoxy) is 1. The smallest absolute Gasteiger partial charge is 0.255 e. The van der Waals surface area contributed by atoms with Gasteiger partial charge in [-0.25, -0.2) is 4.68 Å². The van der Waals surface area contributed by atoms with E-state index in [1.165, 1.54) is 0 Å². The maximum Gasteiger partial charge on any atom is 0.255 e. The number of carbonyl (C=O) groups is 1. The lowest BCUT2D eigenvalue weighted by atomic mass is 10.1. The van der Waals surface area contributed by atoms with Crippen molar-refractivity contribution in [2.24, 2.45) is 0 Å². The van der Waals surface area contributed by atoms with Gasteiger partial charge in [0.25, 0.3) is 5.91 Å². The van der Waals surface area contributed by atoms with Crippen molar-refractivity contribution in [3.63, 3.8) is 0 Å². The fourth-order valence-corrected chi connectivity index (χ4v) is 2.61. The Labute approximate surface area is 152 Å². The zero-order valence-corrected chi connectivity index (χ0v) is 14.9. The highest BCUT2D eigenvalue weighted by atomic mass is 16.5. The predicted octanol–water partition coefficient (Wildman–Crippen LogP) is 3.77. The van der Waals surface area contributed by atoms with Crippen LogP contribution in [0.4, 0.5) is 0 Å². The van der Waals surface area contributed by atoms with Gasteiger partial charge in [-0.2, -0.15) is 5.10 Å². The first-order chi connectivity index (χ1) is 12.6. The van der Waals surface area contributed by atoms with E-state index in [0.717, 1.165) is 16.8 Å². The lowest BCUT2D eigenvalue weighted by molar-refractivity contribution is 0.0958. The number of aryl methyl sites for hydroxylation is 1. The summed E-state index contributed by atoms with van der Waals surface area (Å²) in [4.78, 5) is 12.6. The molecule has 1 amide bonds. The van der Waals surface area contributed by atoms with Crippen LogP contribution in [0.2, 0.25) is 0 Å². The Morgan fingerprint density at radius 2 is 2.04 bits per heavy atom. The quantitative estimate of drug-likeness (QED) is 0.691. The Kier molecular flexibility index (Phi) is 5.17. The summed E-state index contributed by atoms with van der Waals surface area (Å²) in [6.45, 7) is 6.06. The van der Waals surface area contributed by atoms with Gasteiger partial charge in [0.05, 0.1) is 18.4 Å². The van der Waals surface area contributed by atoms with Crippen LogP contribution in [-0.2, 0) is 0 Å². The van der Waals surface area contributed by atoms with Crippen molar-refractivity contribution in [2.45, 2.75) is 6.92 Å². The summed E-state index contributed by atoms with van der Waals surface area (Å²) >= 11 is 0. The summed E-state index contributed by atoms with van der Waals surface area (Å²) < 4.78 is 7.02. The largest absolute Gasteiger partial charge is 0.497 e. The van der Waals surface area contributed by atoms with Crippen molar-refractivity contribution in [2.75, 3.05) is 13.7 Å². The second kappa shape index (κ2) is 7.70. The third-order valence-corrected chi connectivity index (χ3v) is 4.01. The Morgan fingerprint density at radius 1 is 1.27 bits per heavy atom. The average molecular weight is 347 g/mol. The van der Waals surface area contributed by atoms with Gasteiger partial charge < -0.3 is 10.1 Å². The van der Waals surface area contributed by atoms with E-state index in [1.807, 2.05) is 55.5 Å². The zero-order chi connectivity index (χ0) is 18.5. The van der Waals surface area contributed by atoms with Crippen molar-refractivity contribution < 1.29 is 9.53 Å². The normalized spacial score (nSPS) is 10.4. The number of benzene rings is 2. The van der Waals surface area contributed by atoms with Gasteiger partial charge in [0.1, 0.15) is 11.4 Å². The topological polar surface area (TPSA) is 56.2 Å². The summed E-state index contributed by atoms with van der Waals surface area (Å²) in [5.41, 5.74) is 3.98. The number of carbonyl (C=O) groups excluding carboxylic acids is 1. The number of rotatable bonds is 6. The van der Waals surface area contributed by atoms with Crippen LogP contribution in [0.1, 0.15) is 15.9 Å². The Bertz CT molecular complexity index is 927. The van der Waals surface area contributed by atoms with E-state index in [2.05, 4.69) is 17.0 Å². The van der Waals surface area contributed by atoms with Gasteiger partial charge in [-0.1, -0.05) is 35.9 Å². The standard InChI is InChI=1S/C21H21N3O2/c1-4-12-22-21(25)19-14-24(17-10-8-15(2)9-11-17)23-20(19)16-6-5-7-18(13-16)26-3/h4-11,13-14H,1,12H2,2-3H3,(H,22,25). The van der Waals surface area contributed by atoms with Crippen molar-refractivity contribution in [3.8, 4) is 22.7 Å². The molecule has 1 N–H and O–H groups in total. The lowest BCUT2D eigenvalue weighted by Crippen LogP contribution is -2.23. The molecule has 1 aromatic heterocycles. The number of aromatic nitrogens is 2. The average Bonchev–Trinajstić information content (AvgIpc) is 3.12. The highest BCUT2D eigenvalue weighted by Crippen LogP contribution is 2.27. The zero-order valence-electron chi connectivity index (χ0n) is 14.9. The van der Waals surface area contributed by atoms with Crippen LogP contribution in [0.25, 0.3) is 16.9 Å². The minimum atomic E-state index is -0.193. The van der Waals surface area contributed by atoms with Crippen molar-refractivity contribution in [1.82, 2.24) is 15.1 Å². The van der Waals surface area contributed by atoms with Gasteiger partial charge in [-0.3, -0.25) is 4.79 Å². The number of nitrogens with zero attached hydrogens (tertiary/aromatic N) is 2. The monoisotopic (exact) mass is 347 g/mol. The fourth-order valence-electron chi connectivity index (χ4n) is 2.61. The third-order valence-electron chi connectivity index (χ3n) is 4.01. The molecule has 0 spiro atoms. The molecule has 1 heterocycles. The Balaban J connectivity index is 2.09. The molecule has 0 fully saturated rings. The van der Waals surface area contributed by atoms with Gasteiger partial charge in [-0.05, 0) is 31.2 Å². The van der Waals surface area contributed by atoms with Crippen LogP contribution in [0.5, 0.6) is 5.75 Å². The van der Waals surface area contributed by atoms with E-state index in [9.17, 15) is 4.79 Å². The summed E-state index contributed by atoms with van der Waals surface area (Å²) in [6, 6.07) is 15.5. The van der Waals surface area contributed by atoms with Crippen LogP contribution in [0.3, 0.4) is 0 Å². The minimum absolute atomic E-state index is 0.193. The molecule has 26 heavy (non-hydrogen) atoms. The molecule has 132 valence electrons.